The minimum Gasteiger partial charge on any atom is -0.192 e. The van der Waals surface area contributed by atoms with Gasteiger partial charge in [0.2, 0.25) is 0 Å². The standard InChI is InChI=1S/C11H8INS/c1-2-7-3-10(12)9-5-8(6-13)14-11(9)4-7/h3-5H,2H2,1H3. The summed E-state index contributed by atoms with van der Waals surface area (Å²) in [6.45, 7) is 2.15. The summed E-state index contributed by atoms with van der Waals surface area (Å²) in [5, 5.41) is 10.0. The molecule has 0 N–H and O–H groups in total. The molecule has 0 unspecified atom stereocenters. The van der Waals surface area contributed by atoms with Crippen molar-refractivity contribution in [3.05, 3.63) is 32.2 Å². The molecule has 0 radical (unpaired) electrons. The van der Waals surface area contributed by atoms with Crippen LogP contribution in [0.2, 0.25) is 0 Å². The van der Waals surface area contributed by atoms with Crippen molar-refractivity contribution in [1.29, 1.82) is 5.26 Å². The maximum atomic E-state index is 8.81. The normalized spacial score (nSPS) is 10.4. The van der Waals surface area contributed by atoms with Crippen LogP contribution in [0.4, 0.5) is 0 Å². The number of nitriles is 1. The second-order valence-electron chi connectivity index (χ2n) is 3.07. The average molecular weight is 313 g/mol. The largest absolute Gasteiger partial charge is 0.192 e. The molecule has 70 valence electrons. The lowest BCUT2D eigenvalue weighted by Gasteiger charge is -1.98. The maximum absolute atomic E-state index is 8.81. The van der Waals surface area contributed by atoms with Gasteiger partial charge in [-0.1, -0.05) is 6.92 Å². The highest BCUT2D eigenvalue weighted by Gasteiger charge is 2.05. The van der Waals surface area contributed by atoms with Gasteiger partial charge in [0.25, 0.3) is 0 Å². The smallest absolute Gasteiger partial charge is 0.110 e. The summed E-state index contributed by atoms with van der Waals surface area (Å²) in [5.41, 5.74) is 1.34. The highest BCUT2D eigenvalue weighted by Crippen LogP contribution is 2.30. The van der Waals surface area contributed by atoms with E-state index in [9.17, 15) is 0 Å². The zero-order chi connectivity index (χ0) is 10.1. The Morgan fingerprint density at radius 1 is 1.43 bits per heavy atom. The average Bonchev–Trinajstić information content (AvgIpc) is 2.61. The van der Waals surface area contributed by atoms with E-state index in [4.69, 9.17) is 5.26 Å². The van der Waals surface area contributed by atoms with Gasteiger partial charge in [-0.25, -0.2) is 0 Å². The molecule has 0 saturated heterocycles. The number of rotatable bonds is 1. The number of halogens is 1. The quantitative estimate of drug-likeness (QED) is 0.732. The van der Waals surface area contributed by atoms with Crippen LogP contribution in [0, 0.1) is 14.9 Å². The van der Waals surface area contributed by atoms with Crippen molar-refractivity contribution < 1.29 is 0 Å². The number of benzene rings is 1. The Labute approximate surface area is 101 Å². The molecule has 0 bridgehead atoms. The second-order valence-corrected chi connectivity index (χ2v) is 5.31. The fraction of sp³-hybridized carbons (Fsp3) is 0.182. The zero-order valence-corrected chi connectivity index (χ0v) is 10.6. The number of nitrogens with zero attached hydrogens (tertiary/aromatic N) is 1. The first-order valence-corrected chi connectivity index (χ1v) is 6.26. The van der Waals surface area contributed by atoms with E-state index in [1.807, 2.05) is 6.07 Å². The van der Waals surface area contributed by atoms with Crippen LogP contribution in [-0.2, 0) is 6.42 Å². The Balaban J connectivity index is 2.75. The summed E-state index contributed by atoms with van der Waals surface area (Å²) in [4.78, 5) is 0.797. The molecule has 1 nitrogen and oxygen atoms in total. The molecule has 0 saturated carbocycles. The van der Waals surface area contributed by atoms with Crippen molar-refractivity contribution in [3.63, 3.8) is 0 Å². The lowest BCUT2D eigenvalue weighted by atomic mass is 10.1. The first-order valence-electron chi connectivity index (χ1n) is 4.36. The van der Waals surface area contributed by atoms with Gasteiger partial charge in [0.05, 0.1) is 0 Å². The monoisotopic (exact) mass is 313 g/mol. The molecule has 0 spiro atoms. The second kappa shape index (κ2) is 3.87. The minimum absolute atomic E-state index is 0.797. The van der Waals surface area contributed by atoms with Crippen molar-refractivity contribution in [2.24, 2.45) is 0 Å². The molecule has 0 aliphatic carbocycles. The van der Waals surface area contributed by atoms with Crippen LogP contribution in [-0.4, -0.2) is 0 Å². The predicted molar refractivity (Wildman–Crippen MR) is 68.6 cm³/mol. The van der Waals surface area contributed by atoms with E-state index in [0.29, 0.717) is 0 Å². The van der Waals surface area contributed by atoms with Crippen LogP contribution in [0.25, 0.3) is 10.1 Å². The van der Waals surface area contributed by atoms with Crippen molar-refractivity contribution in [1.82, 2.24) is 0 Å². The van der Waals surface area contributed by atoms with Crippen LogP contribution in [0.3, 0.4) is 0 Å². The third-order valence-electron chi connectivity index (χ3n) is 2.17. The molecule has 1 heterocycles. The summed E-state index contributed by atoms with van der Waals surface area (Å²) >= 11 is 3.91. The summed E-state index contributed by atoms with van der Waals surface area (Å²) in [6, 6.07) is 8.54. The van der Waals surface area contributed by atoms with E-state index in [2.05, 4.69) is 47.7 Å². The van der Waals surface area contributed by atoms with Crippen LogP contribution >= 0.6 is 33.9 Å². The Hall–Kier alpha value is -0.600. The van der Waals surface area contributed by atoms with Crippen LogP contribution < -0.4 is 0 Å². The van der Waals surface area contributed by atoms with Crippen molar-refractivity contribution >= 4 is 44.0 Å². The first-order chi connectivity index (χ1) is 6.74. The molecule has 2 aromatic rings. The van der Waals surface area contributed by atoms with Gasteiger partial charge >= 0.3 is 0 Å². The fourth-order valence-electron chi connectivity index (χ4n) is 1.41. The van der Waals surface area contributed by atoms with Crippen molar-refractivity contribution in [2.75, 3.05) is 0 Å². The summed E-state index contributed by atoms with van der Waals surface area (Å²) in [6.07, 6.45) is 1.05. The molecule has 2 rings (SSSR count). The number of aryl methyl sites for hydroxylation is 1. The van der Waals surface area contributed by atoms with Gasteiger partial charge in [-0.2, -0.15) is 5.26 Å². The Bertz CT molecular complexity index is 522. The van der Waals surface area contributed by atoms with Crippen molar-refractivity contribution in [2.45, 2.75) is 13.3 Å². The predicted octanol–water partition coefficient (Wildman–Crippen LogP) is 3.94. The third kappa shape index (κ3) is 1.64. The van der Waals surface area contributed by atoms with E-state index in [1.165, 1.54) is 19.2 Å². The maximum Gasteiger partial charge on any atom is 0.110 e. The molecule has 3 heteroatoms. The third-order valence-corrected chi connectivity index (χ3v) is 4.04. The Kier molecular flexibility index (Phi) is 2.75. The first kappa shape index (κ1) is 9.94. The Morgan fingerprint density at radius 2 is 2.21 bits per heavy atom. The number of fused-ring (bicyclic) bond motifs is 1. The molecule has 1 aromatic heterocycles. The van der Waals surface area contributed by atoms with Crippen LogP contribution in [0.1, 0.15) is 17.4 Å². The highest BCUT2D eigenvalue weighted by molar-refractivity contribution is 14.1. The lowest BCUT2D eigenvalue weighted by Crippen LogP contribution is -1.81. The number of thiophene rings is 1. The molecule has 14 heavy (non-hydrogen) atoms. The van der Waals surface area contributed by atoms with E-state index in [1.54, 1.807) is 11.3 Å². The number of hydrogen-bond donors (Lipinski definition) is 0. The summed E-state index contributed by atoms with van der Waals surface area (Å²) < 4.78 is 2.47. The molecule has 0 atom stereocenters. The van der Waals surface area contributed by atoms with Crippen molar-refractivity contribution in [3.8, 4) is 6.07 Å². The Morgan fingerprint density at radius 3 is 2.86 bits per heavy atom. The van der Waals surface area contributed by atoms with Gasteiger partial charge in [0.1, 0.15) is 10.9 Å². The molecule has 1 aromatic carbocycles. The van der Waals surface area contributed by atoms with Gasteiger partial charge in [0.15, 0.2) is 0 Å². The van der Waals surface area contributed by atoms with E-state index in [0.717, 1.165) is 11.3 Å². The fourth-order valence-corrected chi connectivity index (χ4v) is 3.39. The van der Waals surface area contributed by atoms with Gasteiger partial charge in [-0.05, 0) is 52.8 Å². The van der Waals surface area contributed by atoms with Gasteiger partial charge < -0.3 is 0 Å². The zero-order valence-electron chi connectivity index (χ0n) is 7.67. The van der Waals surface area contributed by atoms with E-state index >= 15 is 0 Å². The molecule has 0 aliphatic rings. The molecule has 0 aliphatic heterocycles. The minimum atomic E-state index is 0.797. The van der Waals surface area contributed by atoms with Gasteiger partial charge in [-0.3, -0.25) is 0 Å². The number of hydrogen-bond acceptors (Lipinski definition) is 2. The van der Waals surface area contributed by atoms with Gasteiger partial charge in [-0.15, -0.1) is 11.3 Å². The molecule has 0 fully saturated rings. The van der Waals surface area contributed by atoms with Crippen LogP contribution in [0.15, 0.2) is 18.2 Å². The molecule has 0 amide bonds. The van der Waals surface area contributed by atoms with E-state index < -0.39 is 0 Å². The SMILES string of the molecule is CCc1cc(I)c2cc(C#N)sc2c1. The summed E-state index contributed by atoms with van der Waals surface area (Å²) in [5.74, 6) is 0. The topological polar surface area (TPSA) is 23.8 Å². The summed E-state index contributed by atoms with van der Waals surface area (Å²) in [7, 11) is 0. The van der Waals surface area contributed by atoms with E-state index in [-0.39, 0.29) is 0 Å². The lowest BCUT2D eigenvalue weighted by molar-refractivity contribution is 1.14. The molecular weight excluding hydrogens is 305 g/mol. The highest BCUT2D eigenvalue weighted by atomic mass is 127. The molecular formula is C11H8INS. The van der Waals surface area contributed by atoms with Crippen LogP contribution in [0.5, 0.6) is 0 Å². The van der Waals surface area contributed by atoms with Gasteiger partial charge in [0, 0.05) is 13.7 Å².